The zero-order valence-corrected chi connectivity index (χ0v) is 20.0. The van der Waals surface area contributed by atoms with Crippen LogP contribution in [0.3, 0.4) is 0 Å². The molecule has 5 heterocycles. The molecule has 33 heavy (non-hydrogen) atoms. The van der Waals surface area contributed by atoms with E-state index in [4.69, 9.17) is 9.72 Å². The Morgan fingerprint density at radius 1 is 1.21 bits per heavy atom. The van der Waals surface area contributed by atoms with Gasteiger partial charge in [0.15, 0.2) is 15.9 Å². The van der Waals surface area contributed by atoms with Crippen molar-refractivity contribution < 1.29 is 9.53 Å². The summed E-state index contributed by atoms with van der Waals surface area (Å²) in [5, 5.41) is 9.92. The van der Waals surface area contributed by atoms with Gasteiger partial charge in [0.25, 0.3) is 5.91 Å². The highest BCUT2D eigenvalue weighted by atomic mass is 32.2. The molecule has 0 saturated carbocycles. The Labute approximate surface area is 199 Å². The van der Waals surface area contributed by atoms with Gasteiger partial charge < -0.3 is 19.5 Å². The van der Waals surface area contributed by atoms with Crippen molar-refractivity contribution >= 4 is 45.9 Å². The van der Waals surface area contributed by atoms with E-state index in [1.807, 2.05) is 53.2 Å². The third-order valence-corrected chi connectivity index (χ3v) is 7.09. The lowest BCUT2D eigenvalue weighted by molar-refractivity contribution is 0.0955. The van der Waals surface area contributed by atoms with E-state index in [-0.39, 0.29) is 5.91 Å². The number of hydrogen-bond acceptors (Lipinski definition) is 9. The van der Waals surface area contributed by atoms with Crippen LogP contribution >= 0.6 is 23.1 Å². The molecule has 4 aromatic rings. The van der Waals surface area contributed by atoms with Crippen LogP contribution < -0.4 is 10.2 Å². The fourth-order valence-corrected chi connectivity index (χ4v) is 5.02. The van der Waals surface area contributed by atoms with Crippen molar-refractivity contribution in [3.05, 3.63) is 41.3 Å². The monoisotopic (exact) mass is 484 g/mol. The first-order chi connectivity index (χ1) is 16.1. The minimum atomic E-state index is -0.131. The number of amides is 1. The molecule has 1 aliphatic rings. The number of thiazole rings is 1. The Morgan fingerprint density at radius 2 is 2.00 bits per heavy atom. The molecule has 4 aromatic heterocycles. The molecule has 1 aliphatic heterocycles. The second-order valence-corrected chi connectivity index (χ2v) is 9.25. The molecule has 0 spiro atoms. The number of aromatic nitrogens is 6. The van der Waals surface area contributed by atoms with Gasteiger partial charge in [-0.25, -0.2) is 19.6 Å². The van der Waals surface area contributed by atoms with Crippen molar-refractivity contribution in [2.45, 2.75) is 18.6 Å². The smallest absolute Gasteiger partial charge is 0.263 e. The van der Waals surface area contributed by atoms with Crippen LogP contribution in [0.1, 0.15) is 15.4 Å². The van der Waals surface area contributed by atoms with Gasteiger partial charge in [0.05, 0.1) is 37.0 Å². The van der Waals surface area contributed by atoms with Gasteiger partial charge in [0.1, 0.15) is 10.7 Å². The number of fused-ring (bicyclic) bond motifs is 1. The highest BCUT2D eigenvalue weighted by molar-refractivity contribution is 7.98. The fraction of sp³-hybridized carbons (Fsp3) is 0.381. The molecule has 0 aliphatic carbocycles. The number of nitrogens with zero attached hydrogens (tertiary/aromatic N) is 7. The first kappa shape index (κ1) is 21.9. The number of rotatable bonds is 7. The predicted octanol–water partition coefficient (Wildman–Crippen LogP) is 2.37. The lowest BCUT2D eigenvalue weighted by Gasteiger charge is -2.28. The number of thioether (sulfide) groups is 1. The van der Waals surface area contributed by atoms with E-state index in [1.54, 1.807) is 0 Å². The molecule has 10 nitrogen and oxygen atoms in total. The van der Waals surface area contributed by atoms with Crippen molar-refractivity contribution in [1.29, 1.82) is 0 Å². The Hall–Kier alpha value is -2.96. The summed E-state index contributed by atoms with van der Waals surface area (Å²) in [5.41, 5.74) is 1.49. The maximum absolute atomic E-state index is 12.8. The minimum Gasteiger partial charge on any atom is -0.378 e. The molecule has 0 atom stereocenters. The van der Waals surface area contributed by atoms with E-state index >= 15 is 0 Å². The molecular weight excluding hydrogens is 460 g/mol. The standard InChI is InChI=1S/C21H24N8O2S2/c1-14-16(33-21(24-14)28-6-3-4-7-28)19(30)22-5-8-29-18-15(13-23-29)17(25-20(26-18)32-2)27-9-11-31-12-10-27/h3-4,6-7,13H,5,8-12H2,1-2H3,(H,22,30). The highest BCUT2D eigenvalue weighted by Crippen LogP contribution is 2.27. The number of morpholine rings is 1. The maximum Gasteiger partial charge on any atom is 0.263 e. The van der Waals surface area contributed by atoms with E-state index in [2.05, 4.69) is 25.3 Å². The first-order valence-corrected chi connectivity index (χ1v) is 12.7. The largest absolute Gasteiger partial charge is 0.378 e. The van der Waals surface area contributed by atoms with Crippen molar-refractivity contribution in [2.75, 3.05) is 44.0 Å². The van der Waals surface area contributed by atoms with Gasteiger partial charge in [-0.1, -0.05) is 23.1 Å². The number of hydrogen-bond donors (Lipinski definition) is 1. The van der Waals surface area contributed by atoms with Crippen LogP contribution in [-0.4, -0.2) is 74.3 Å². The summed E-state index contributed by atoms with van der Waals surface area (Å²) in [6.45, 7) is 5.74. The second kappa shape index (κ2) is 9.49. The summed E-state index contributed by atoms with van der Waals surface area (Å²) in [5.74, 6) is 0.758. The van der Waals surface area contributed by atoms with Gasteiger partial charge in [0, 0.05) is 32.0 Å². The number of carbonyl (C=O) groups is 1. The summed E-state index contributed by atoms with van der Waals surface area (Å²) in [6, 6.07) is 3.86. The van der Waals surface area contributed by atoms with Crippen LogP contribution in [0.4, 0.5) is 5.82 Å². The zero-order chi connectivity index (χ0) is 22.8. The van der Waals surface area contributed by atoms with Gasteiger partial charge in [-0.2, -0.15) is 5.10 Å². The Kier molecular flexibility index (Phi) is 6.29. The Bertz CT molecular complexity index is 1260. The summed E-state index contributed by atoms with van der Waals surface area (Å²) < 4.78 is 9.21. The molecular formula is C21H24N8O2S2. The van der Waals surface area contributed by atoms with Gasteiger partial charge in [-0.15, -0.1) is 0 Å². The number of carbonyl (C=O) groups excluding carboxylic acids is 1. The molecule has 1 N–H and O–H groups in total. The van der Waals surface area contributed by atoms with Gasteiger partial charge in [-0.3, -0.25) is 4.79 Å². The Morgan fingerprint density at radius 3 is 2.76 bits per heavy atom. The van der Waals surface area contributed by atoms with Crippen molar-refractivity contribution in [3.63, 3.8) is 0 Å². The first-order valence-electron chi connectivity index (χ1n) is 10.6. The quantitative estimate of drug-likeness (QED) is 0.315. The van der Waals surface area contributed by atoms with Crippen LogP contribution in [0.5, 0.6) is 0 Å². The average Bonchev–Trinajstić information content (AvgIpc) is 3.59. The van der Waals surface area contributed by atoms with Gasteiger partial charge >= 0.3 is 0 Å². The molecule has 172 valence electrons. The number of nitrogens with one attached hydrogen (secondary N) is 1. The molecule has 0 radical (unpaired) electrons. The van der Waals surface area contributed by atoms with E-state index in [1.165, 1.54) is 23.1 Å². The number of ether oxygens (including phenoxy) is 1. The lowest BCUT2D eigenvalue weighted by Crippen LogP contribution is -2.37. The molecule has 1 fully saturated rings. The van der Waals surface area contributed by atoms with E-state index < -0.39 is 0 Å². The summed E-state index contributed by atoms with van der Waals surface area (Å²) in [6.07, 6.45) is 7.60. The third kappa shape index (κ3) is 4.45. The van der Waals surface area contributed by atoms with Crippen LogP contribution in [0.25, 0.3) is 16.2 Å². The molecule has 5 rings (SSSR count). The summed E-state index contributed by atoms with van der Waals surface area (Å²) in [7, 11) is 0. The molecule has 1 saturated heterocycles. The van der Waals surface area contributed by atoms with Crippen LogP contribution in [-0.2, 0) is 11.3 Å². The molecule has 1 amide bonds. The molecule has 0 aromatic carbocycles. The van der Waals surface area contributed by atoms with Crippen LogP contribution in [0.2, 0.25) is 0 Å². The van der Waals surface area contributed by atoms with Crippen molar-refractivity contribution in [1.82, 2.24) is 34.6 Å². The second-order valence-electron chi connectivity index (χ2n) is 7.50. The molecule has 12 heteroatoms. The summed E-state index contributed by atoms with van der Waals surface area (Å²) >= 11 is 2.88. The normalized spacial score (nSPS) is 14.2. The van der Waals surface area contributed by atoms with E-state index in [9.17, 15) is 4.79 Å². The molecule has 0 bridgehead atoms. The predicted molar refractivity (Wildman–Crippen MR) is 129 cm³/mol. The van der Waals surface area contributed by atoms with Crippen molar-refractivity contribution in [2.24, 2.45) is 0 Å². The summed E-state index contributed by atoms with van der Waals surface area (Å²) in [4.78, 5) is 29.5. The lowest BCUT2D eigenvalue weighted by atomic mass is 10.3. The number of aryl methyl sites for hydroxylation is 1. The van der Waals surface area contributed by atoms with Gasteiger partial charge in [0.2, 0.25) is 0 Å². The third-order valence-electron chi connectivity index (χ3n) is 5.37. The molecule has 0 unspecified atom stereocenters. The van der Waals surface area contributed by atoms with Crippen molar-refractivity contribution in [3.8, 4) is 5.13 Å². The average molecular weight is 485 g/mol. The SMILES string of the molecule is CSc1nc(N2CCOCC2)c2cnn(CCNC(=O)c3sc(-n4cccc4)nc3C)c2n1. The Balaban J connectivity index is 1.30. The zero-order valence-electron chi connectivity index (χ0n) is 18.4. The maximum atomic E-state index is 12.8. The number of anilines is 1. The van der Waals surface area contributed by atoms with Crippen LogP contribution in [0, 0.1) is 6.92 Å². The highest BCUT2D eigenvalue weighted by Gasteiger charge is 2.20. The minimum absolute atomic E-state index is 0.131. The topological polar surface area (TPSA) is 103 Å². The van der Waals surface area contributed by atoms with E-state index in [0.717, 1.165) is 40.8 Å². The van der Waals surface area contributed by atoms with E-state index in [0.29, 0.717) is 36.3 Å². The fourth-order valence-electron chi connectivity index (χ4n) is 3.71. The van der Waals surface area contributed by atoms with Crippen LogP contribution in [0.15, 0.2) is 35.9 Å². The van der Waals surface area contributed by atoms with Gasteiger partial charge in [-0.05, 0) is 25.3 Å².